The Hall–Kier alpha value is -3.22. The van der Waals surface area contributed by atoms with E-state index in [-0.39, 0.29) is 12.4 Å². The maximum absolute atomic E-state index is 12.9. The number of aromatic nitrogens is 4. The molecule has 7 nitrogen and oxygen atoms in total. The highest BCUT2D eigenvalue weighted by atomic mass is 16.6. The van der Waals surface area contributed by atoms with Crippen LogP contribution in [-0.4, -0.2) is 33.0 Å². The first-order valence-corrected chi connectivity index (χ1v) is 7.49. The molecule has 1 aliphatic heterocycles. The van der Waals surface area contributed by atoms with Crippen molar-refractivity contribution in [3.63, 3.8) is 0 Å². The molecule has 24 heavy (non-hydrogen) atoms. The van der Waals surface area contributed by atoms with Crippen LogP contribution < -0.4 is 9.47 Å². The lowest BCUT2D eigenvalue weighted by Gasteiger charge is -2.26. The summed E-state index contributed by atoms with van der Waals surface area (Å²) in [7, 11) is 0. The van der Waals surface area contributed by atoms with E-state index >= 15 is 0 Å². The number of hydrogen-bond acceptors (Lipinski definition) is 6. The molecule has 1 aromatic heterocycles. The fraction of sp³-hybridized carbons (Fsp3) is 0.176. The fourth-order valence-electron chi connectivity index (χ4n) is 2.66. The van der Waals surface area contributed by atoms with Crippen LogP contribution in [0.3, 0.4) is 0 Å². The van der Waals surface area contributed by atoms with Crippen LogP contribution in [0.4, 0.5) is 0 Å². The number of H-pyrrole nitrogens is 1. The van der Waals surface area contributed by atoms with Gasteiger partial charge in [0.1, 0.15) is 6.61 Å². The predicted octanol–water partition coefficient (Wildman–Crippen LogP) is 2.25. The normalized spacial score (nSPS) is 16.0. The van der Waals surface area contributed by atoms with Crippen molar-refractivity contribution in [3.8, 4) is 11.5 Å². The molecule has 1 aliphatic rings. The third kappa shape index (κ3) is 2.50. The molecule has 0 bridgehead atoms. The summed E-state index contributed by atoms with van der Waals surface area (Å²) in [6.07, 6.45) is -0.513. The number of carbonyl (C=O) groups is 1. The van der Waals surface area contributed by atoms with E-state index in [1.807, 2.05) is 31.2 Å². The second-order valence-corrected chi connectivity index (χ2v) is 5.52. The van der Waals surface area contributed by atoms with Gasteiger partial charge < -0.3 is 9.47 Å². The number of nitrogens with one attached hydrogen (secondary N) is 1. The molecule has 2 aromatic carbocycles. The third-order valence-electron chi connectivity index (χ3n) is 3.78. The van der Waals surface area contributed by atoms with Gasteiger partial charge in [-0.2, -0.15) is 5.21 Å². The van der Waals surface area contributed by atoms with Crippen molar-refractivity contribution in [2.75, 3.05) is 6.61 Å². The second kappa shape index (κ2) is 5.77. The predicted molar refractivity (Wildman–Crippen MR) is 84.1 cm³/mol. The van der Waals surface area contributed by atoms with Gasteiger partial charge in [0.05, 0.1) is 5.56 Å². The van der Waals surface area contributed by atoms with E-state index in [1.165, 1.54) is 0 Å². The van der Waals surface area contributed by atoms with Crippen molar-refractivity contribution in [3.05, 3.63) is 65.0 Å². The van der Waals surface area contributed by atoms with Gasteiger partial charge in [0.2, 0.25) is 5.82 Å². The highest BCUT2D eigenvalue weighted by Crippen LogP contribution is 2.40. The fourth-order valence-corrected chi connectivity index (χ4v) is 2.66. The summed E-state index contributed by atoms with van der Waals surface area (Å²) in [5, 5.41) is 13.8. The molecule has 4 rings (SSSR count). The van der Waals surface area contributed by atoms with Crippen molar-refractivity contribution in [2.24, 2.45) is 0 Å². The quantitative estimate of drug-likeness (QED) is 0.744. The SMILES string of the molecule is Cc1cc2c(c(C(=O)c3ccccc3)c1)OC(c1nn[nH]n1)CO2. The summed E-state index contributed by atoms with van der Waals surface area (Å²) in [4.78, 5) is 12.9. The van der Waals surface area contributed by atoms with Gasteiger partial charge in [-0.15, -0.1) is 10.2 Å². The number of ketones is 1. The molecule has 0 spiro atoms. The van der Waals surface area contributed by atoms with Crippen LogP contribution in [0.1, 0.15) is 33.4 Å². The first-order chi connectivity index (χ1) is 11.7. The molecule has 1 N–H and O–H groups in total. The zero-order chi connectivity index (χ0) is 16.5. The second-order valence-electron chi connectivity index (χ2n) is 5.52. The van der Waals surface area contributed by atoms with Crippen molar-refractivity contribution < 1.29 is 14.3 Å². The molecule has 2 heterocycles. The molecule has 7 heteroatoms. The van der Waals surface area contributed by atoms with Crippen molar-refractivity contribution in [2.45, 2.75) is 13.0 Å². The third-order valence-corrected chi connectivity index (χ3v) is 3.78. The van der Waals surface area contributed by atoms with E-state index in [9.17, 15) is 4.79 Å². The largest absolute Gasteiger partial charge is 0.485 e. The van der Waals surface area contributed by atoms with Crippen molar-refractivity contribution in [1.29, 1.82) is 0 Å². The molecule has 0 saturated heterocycles. The topological polar surface area (TPSA) is 90.0 Å². The Bertz CT molecular complexity index is 878. The molecule has 0 aliphatic carbocycles. The van der Waals surface area contributed by atoms with E-state index in [1.54, 1.807) is 18.2 Å². The van der Waals surface area contributed by atoms with Gasteiger partial charge in [-0.3, -0.25) is 4.79 Å². The number of rotatable bonds is 3. The molecular formula is C17H14N4O3. The standard InChI is InChI=1S/C17H14N4O3/c1-10-7-12(15(22)11-5-3-2-4-6-11)16-13(8-10)23-9-14(24-16)17-18-20-21-19-17/h2-8,14H,9H2,1H3,(H,18,19,20,21). The van der Waals surface area contributed by atoms with E-state index in [4.69, 9.17) is 9.47 Å². The molecule has 120 valence electrons. The van der Waals surface area contributed by atoms with Gasteiger partial charge >= 0.3 is 0 Å². The van der Waals surface area contributed by atoms with Crippen molar-refractivity contribution >= 4 is 5.78 Å². The van der Waals surface area contributed by atoms with Crippen LogP contribution in [-0.2, 0) is 0 Å². The Kier molecular flexibility index (Phi) is 3.45. The molecule has 1 atom stereocenters. The summed E-state index contributed by atoms with van der Waals surface area (Å²) >= 11 is 0. The monoisotopic (exact) mass is 322 g/mol. The average Bonchev–Trinajstić information content (AvgIpc) is 3.15. The lowest BCUT2D eigenvalue weighted by Crippen LogP contribution is -2.24. The molecule has 0 fully saturated rings. The van der Waals surface area contributed by atoms with Crippen LogP contribution in [0.5, 0.6) is 11.5 Å². The lowest BCUT2D eigenvalue weighted by atomic mass is 9.99. The van der Waals surface area contributed by atoms with Gasteiger partial charge in [0.25, 0.3) is 0 Å². The summed E-state index contributed by atoms with van der Waals surface area (Å²) in [6.45, 7) is 2.17. The minimum Gasteiger partial charge on any atom is -0.485 e. The lowest BCUT2D eigenvalue weighted by molar-refractivity contribution is 0.0814. The van der Waals surface area contributed by atoms with E-state index in [0.29, 0.717) is 28.5 Å². The minimum absolute atomic E-state index is 0.118. The van der Waals surface area contributed by atoms with Crippen LogP contribution in [0.15, 0.2) is 42.5 Å². The number of tetrazole rings is 1. The molecular weight excluding hydrogens is 308 g/mol. The highest BCUT2D eigenvalue weighted by molar-refractivity contribution is 6.11. The first kappa shape index (κ1) is 14.4. The molecule has 0 amide bonds. The van der Waals surface area contributed by atoms with E-state index < -0.39 is 6.10 Å². The molecule has 1 unspecified atom stereocenters. The van der Waals surface area contributed by atoms with E-state index in [0.717, 1.165) is 5.56 Å². The maximum Gasteiger partial charge on any atom is 0.218 e. The van der Waals surface area contributed by atoms with Gasteiger partial charge in [-0.1, -0.05) is 35.5 Å². The molecule has 0 saturated carbocycles. The Morgan fingerprint density at radius 2 is 2.08 bits per heavy atom. The Balaban J connectivity index is 1.76. The molecule has 0 radical (unpaired) electrons. The van der Waals surface area contributed by atoms with Gasteiger partial charge in [-0.05, 0) is 24.6 Å². The summed E-state index contributed by atoms with van der Waals surface area (Å²) in [5.74, 6) is 1.23. The van der Waals surface area contributed by atoms with Crippen LogP contribution >= 0.6 is 0 Å². The number of benzene rings is 2. The summed E-state index contributed by atoms with van der Waals surface area (Å²) < 4.78 is 11.7. The first-order valence-electron chi connectivity index (χ1n) is 7.49. The Morgan fingerprint density at radius 1 is 1.25 bits per heavy atom. The maximum atomic E-state index is 12.9. The Labute approximate surface area is 137 Å². The number of nitrogens with zero attached hydrogens (tertiary/aromatic N) is 3. The van der Waals surface area contributed by atoms with Crippen LogP contribution in [0, 0.1) is 6.92 Å². The average molecular weight is 322 g/mol. The van der Waals surface area contributed by atoms with Gasteiger partial charge in [0, 0.05) is 5.56 Å². The highest BCUT2D eigenvalue weighted by Gasteiger charge is 2.30. The minimum atomic E-state index is -0.513. The number of hydrogen-bond donors (Lipinski definition) is 1. The van der Waals surface area contributed by atoms with E-state index in [2.05, 4.69) is 20.6 Å². The van der Waals surface area contributed by atoms with Crippen molar-refractivity contribution in [1.82, 2.24) is 20.6 Å². The number of ether oxygens (including phenoxy) is 2. The zero-order valence-electron chi connectivity index (χ0n) is 12.9. The summed E-state index contributed by atoms with van der Waals surface area (Å²) in [6, 6.07) is 12.7. The zero-order valence-corrected chi connectivity index (χ0v) is 12.9. The van der Waals surface area contributed by atoms with Crippen LogP contribution in [0.2, 0.25) is 0 Å². The van der Waals surface area contributed by atoms with Gasteiger partial charge in [0.15, 0.2) is 23.4 Å². The number of aromatic amines is 1. The Morgan fingerprint density at radius 3 is 2.83 bits per heavy atom. The van der Waals surface area contributed by atoms with Crippen LogP contribution in [0.25, 0.3) is 0 Å². The van der Waals surface area contributed by atoms with Gasteiger partial charge in [-0.25, -0.2) is 0 Å². The number of aryl methyl sites for hydroxylation is 1. The number of carbonyl (C=O) groups excluding carboxylic acids is 1. The molecule has 3 aromatic rings. The smallest absolute Gasteiger partial charge is 0.218 e. The summed E-state index contributed by atoms with van der Waals surface area (Å²) in [5.41, 5.74) is 1.98. The number of fused-ring (bicyclic) bond motifs is 1.